The molecule has 0 radical (unpaired) electrons. The number of para-hydroxylation sites is 1. The number of aromatic nitrogens is 1. The van der Waals surface area contributed by atoms with Gasteiger partial charge in [-0.1, -0.05) is 57.2 Å². The first-order valence-electron chi connectivity index (χ1n) is 11.1. The van der Waals surface area contributed by atoms with Gasteiger partial charge in [-0.3, -0.25) is 5.43 Å². The largest absolute Gasteiger partial charge is 0.487 e. The van der Waals surface area contributed by atoms with Crippen LogP contribution in [0.15, 0.2) is 65.8 Å². The number of pyridine rings is 1. The van der Waals surface area contributed by atoms with Crippen LogP contribution in [-0.4, -0.2) is 23.0 Å². The number of hydrogen-bond acceptors (Lipinski definition) is 6. The van der Waals surface area contributed by atoms with Crippen LogP contribution < -0.4 is 15.7 Å². The lowest BCUT2D eigenvalue weighted by Crippen LogP contribution is -2.37. The van der Waals surface area contributed by atoms with Gasteiger partial charge in [-0.2, -0.15) is 0 Å². The Morgan fingerprint density at radius 3 is 2.68 bits per heavy atom. The summed E-state index contributed by atoms with van der Waals surface area (Å²) in [5.74, 6) is 2.33. The Morgan fingerprint density at radius 2 is 1.87 bits per heavy atom. The molecule has 0 bridgehead atoms. The van der Waals surface area contributed by atoms with Gasteiger partial charge in [0.05, 0.1) is 11.2 Å². The van der Waals surface area contributed by atoms with Crippen LogP contribution >= 0.6 is 0 Å². The van der Waals surface area contributed by atoms with Crippen LogP contribution in [0.3, 0.4) is 0 Å². The molecule has 31 heavy (non-hydrogen) atoms. The van der Waals surface area contributed by atoms with Gasteiger partial charge in [0.2, 0.25) is 0 Å². The highest BCUT2D eigenvalue weighted by Gasteiger charge is 2.12. The fourth-order valence-electron chi connectivity index (χ4n) is 3.49. The van der Waals surface area contributed by atoms with Gasteiger partial charge in [0.15, 0.2) is 0 Å². The van der Waals surface area contributed by atoms with Gasteiger partial charge in [-0.25, -0.2) is 10.5 Å². The topological polar surface area (TPSA) is 61.8 Å². The maximum Gasteiger partial charge on any atom is 0.139 e. The maximum atomic E-state index is 6.02. The molecular formula is C25H33N5O. The third-order valence-corrected chi connectivity index (χ3v) is 5.15. The molecule has 1 aliphatic rings. The van der Waals surface area contributed by atoms with Gasteiger partial charge in [-0.05, 0) is 48.6 Å². The van der Waals surface area contributed by atoms with E-state index in [0.29, 0.717) is 12.5 Å². The Morgan fingerprint density at radius 1 is 1.03 bits per heavy atom. The second-order valence-electron chi connectivity index (χ2n) is 7.48. The summed E-state index contributed by atoms with van der Waals surface area (Å²) in [6.07, 6.45) is 3.11. The van der Waals surface area contributed by atoms with Crippen LogP contribution in [0.1, 0.15) is 57.2 Å². The lowest BCUT2D eigenvalue weighted by molar-refractivity contribution is 0.231. The number of hydrazine groups is 2. The molecule has 0 spiro atoms. The summed E-state index contributed by atoms with van der Waals surface area (Å²) in [6, 6.07) is 20.7. The number of rotatable bonds is 8. The second kappa shape index (κ2) is 11.3. The van der Waals surface area contributed by atoms with E-state index in [-0.39, 0.29) is 0 Å². The number of ether oxygens (including phenoxy) is 1. The zero-order valence-corrected chi connectivity index (χ0v) is 18.9. The molecule has 1 aromatic heterocycles. The molecule has 2 aromatic carbocycles. The van der Waals surface area contributed by atoms with Crippen molar-refractivity contribution in [3.8, 4) is 5.75 Å². The second-order valence-corrected chi connectivity index (χ2v) is 7.48. The minimum atomic E-state index is 0.463. The number of nitrogens with zero attached hydrogens (tertiary/aromatic N) is 3. The highest BCUT2D eigenvalue weighted by Crippen LogP contribution is 2.25. The Labute approximate surface area is 185 Å². The van der Waals surface area contributed by atoms with Crippen molar-refractivity contribution in [1.82, 2.24) is 21.1 Å². The molecule has 4 rings (SSSR count). The van der Waals surface area contributed by atoms with Crippen molar-refractivity contribution >= 4 is 16.7 Å². The van der Waals surface area contributed by atoms with Crippen molar-refractivity contribution < 1.29 is 4.74 Å². The van der Waals surface area contributed by atoms with E-state index in [1.54, 1.807) is 5.12 Å². The van der Waals surface area contributed by atoms with Crippen molar-refractivity contribution in [3.63, 3.8) is 0 Å². The third kappa shape index (κ3) is 6.43. The van der Waals surface area contributed by atoms with Gasteiger partial charge in [-0.15, -0.1) is 10.2 Å². The van der Waals surface area contributed by atoms with Gasteiger partial charge in [0.25, 0.3) is 0 Å². The quantitative estimate of drug-likeness (QED) is 0.513. The summed E-state index contributed by atoms with van der Waals surface area (Å²) in [5.41, 5.74) is 9.27. The summed E-state index contributed by atoms with van der Waals surface area (Å²) >= 11 is 0. The van der Waals surface area contributed by atoms with E-state index >= 15 is 0 Å². The Bertz CT molecular complexity index is 1000. The molecule has 1 unspecified atom stereocenters. The standard InChI is InChI=1S/C23H27N5O.C2H6/c1-17(7-5-12-23-25-27-28(2)26-23)19-9-6-10-21(15-19)29-16-20-14-13-18-8-3-4-11-22(18)24-20;1-2/h3-4,6,8-11,13-15,17,27H,5,7,12,16H2,1-2H3,(H,25,26);1-2H3. The van der Waals surface area contributed by atoms with E-state index in [2.05, 4.69) is 58.3 Å². The Kier molecular flexibility index (Phi) is 8.24. The van der Waals surface area contributed by atoms with E-state index in [0.717, 1.165) is 47.4 Å². The molecule has 0 saturated heterocycles. The van der Waals surface area contributed by atoms with E-state index < -0.39 is 0 Å². The van der Waals surface area contributed by atoms with Gasteiger partial charge < -0.3 is 4.74 Å². The fourth-order valence-corrected chi connectivity index (χ4v) is 3.49. The number of hydrogen-bond donors (Lipinski definition) is 2. The van der Waals surface area contributed by atoms with Crippen molar-refractivity contribution in [1.29, 1.82) is 0 Å². The summed E-state index contributed by atoms with van der Waals surface area (Å²) in [4.78, 5) is 4.68. The zero-order valence-electron chi connectivity index (χ0n) is 18.9. The summed E-state index contributed by atoms with van der Waals surface area (Å²) in [7, 11) is 1.90. The van der Waals surface area contributed by atoms with E-state index in [1.807, 2.05) is 51.2 Å². The molecule has 2 N–H and O–H groups in total. The molecule has 0 saturated carbocycles. The summed E-state index contributed by atoms with van der Waals surface area (Å²) < 4.78 is 6.02. The van der Waals surface area contributed by atoms with Crippen LogP contribution in [0.4, 0.5) is 0 Å². The van der Waals surface area contributed by atoms with Gasteiger partial charge in [0.1, 0.15) is 18.2 Å². The number of fused-ring (bicyclic) bond motifs is 1. The first-order valence-corrected chi connectivity index (χ1v) is 11.1. The van der Waals surface area contributed by atoms with E-state index in [9.17, 15) is 0 Å². The number of benzene rings is 2. The molecule has 0 fully saturated rings. The average Bonchev–Trinajstić information content (AvgIpc) is 3.24. The molecule has 0 aliphatic carbocycles. The maximum absolute atomic E-state index is 6.02. The average molecular weight is 420 g/mol. The minimum Gasteiger partial charge on any atom is -0.487 e. The molecule has 1 atom stereocenters. The summed E-state index contributed by atoms with van der Waals surface area (Å²) in [6.45, 7) is 6.73. The lowest BCUT2D eigenvalue weighted by atomic mass is 9.95. The normalized spacial score (nSPS) is 14.1. The van der Waals surface area contributed by atoms with Crippen LogP contribution in [0, 0.1) is 0 Å². The minimum absolute atomic E-state index is 0.463. The van der Waals surface area contributed by atoms with Crippen LogP contribution in [-0.2, 0) is 6.61 Å². The molecule has 1 aliphatic heterocycles. The van der Waals surface area contributed by atoms with Gasteiger partial charge >= 0.3 is 0 Å². The van der Waals surface area contributed by atoms with Crippen LogP contribution in [0.5, 0.6) is 5.75 Å². The van der Waals surface area contributed by atoms with E-state index in [1.165, 1.54) is 5.56 Å². The van der Waals surface area contributed by atoms with E-state index in [4.69, 9.17) is 4.74 Å². The highest BCUT2D eigenvalue weighted by atomic mass is 16.5. The molecule has 6 nitrogen and oxygen atoms in total. The number of hydrazone groups is 1. The third-order valence-electron chi connectivity index (χ3n) is 5.15. The molecule has 0 amide bonds. The molecular weight excluding hydrogens is 386 g/mol. The first kappa shape index (κ1) is 22.6. The summed E-state index contributed by atoms with van der Waals surface area (Å²) in [5, 5.41) is 7.13. The number of nitrogens with one attached hydrogen (secondary N) is 2. The highest BCUT2D eigenvalue weighted by molar-refractivity contribution is 5.82. The SMILES string of the molecule is CC.CC(CCCC1=NNN(C)N1)c1cccc(OCc2ccc3ccccc3n2)c1. The fraction of sp³-hybridized carbons (Fsp3) is 0.360. The van der Waals surface area contributed by atoms with Crippen LogP contribution in [0.25, 0.3) is 10.9 Å². The smallest absolute Gasteiger partial charge is 0.139 e. The number of amidine groups is 1. The lowest BCUT2D eigenvalue weighted by Gasteiger charge is -2.14. The monoisotopic (exact) mass is 419 g/mol. The predicted molar refractivity (Wildman–Crippen MR) is 128 cm³/mol. The molecule has 164 valence electrons. The van der Waals surface area contributed by atoms with Crippen LogP contribution in [0.2, 0.25) is 0 Å². The van der Waals surface area contributed by atoms with Crippen molar-refractivity contribution in [3.05, 3.63) is 71.9 Å². The molecule has 2 heterocycles. The zero-order chi connectivity index (χ0) is 22.1. The van der Waals surface area contributed by atoms with Crippen molar-refractivity contribution in [2.75, 3.05) is 7.05 Å². The van der Waals surface area contributed by atoms with Crippen molar-refractivity contribution in [2.45, 2.75) is 52.6 Å². The molecule has 3 aromatic rings. The first-order chi connectivity index (χ1) is 15.2. The Balaban J connectivity index is 0.00000132. The van der Waals surface area contributed by atoms with Gasteiger partial charge in [0, 0.05) is 18.9 Å². The Hall–Kier alpha value is -3.12. The predicted octanol–water partition coefficient (Wildman–Crippen LogP) is 5.38. The van der Waals surface area contributed by atoms with Crippen molar-refractivity contribution in [2.24, 2.45) is 5.10 Å². The molecule has 6 heteroatoms.